The number of hydrogen-bond donors (Lipinski definition) is 1. The van der Waals surface area contributed by atoms with Crippen molar-refractivity contribution in [3.63, 3.8) is 0 Å². The Bertz CT molecular complexity index is 433. The molecular weight excluding hydrogens is 306 g/mol. The van der Waals surface area contributed by atoms with E-state index in [0.717, 1.165) is 18.8 Å². The van der Waals surface area contributed by atoms with Gasteiger partial charge in [0, 0.05) is 13.7 Å². The SMILES string of the molecule is CCCCCCCCOc1ccc(OCC(=O)NCCOC)cc1. The van der Waals surface area contributed by atoms with Gasteiger partial charge in [-0.15, -0.1) is 0 Å². The standard InChI is InChI=1S/C19H31NO4/c1-3-4-5-6-7-8-14-23-17-9-11-18(12-10-17)24-16-19(21)20-13-15-22-2/h9-12H,3-8,13-16H2,1-2H3,(H,20,21). The van der Waals surface area contributed by atoms with Gasteiger partial charge in [-0.1, -0.05) is 39.0 Å². The Morgan fingerprint density at radius 3 is 2.21 bits per heavy atom. The van der Waals surface area contributed by atoms with Crippen molar-refractivity contribution in [2.75, 3.05) is 33.5 Å². The van der Waals surface area contributed by atoms with Crippen molar-refractivity contribution in [2.24, 2.45) is 0 Å². The van der Waals surface area contributed by atoms with E-state index in [9.17, 15) is 4.79 Å². The summed E-state index contributed by atoms with van der Waals surface area (Å²) < 4.78 is 16.0. The molecule has 5 nitrogen and oxygen atoms in total. The van der Waals surface area contributed by atoms with Crippen LogP contribution in [0.3, 0.4) is 0 Å². The predicted octanol–water partition coefficient (Wildman–Crippen LogP) is 3.57. The first kappa shape index (κ1) is 20.3. The van der Waals surface area contributed by atoms with E-state index in [1.54, 1.807) is 7.11 Å². The number of rotatable bonds is 14. The molecule has 0 aliphatic rings. The Labute approximate surface area is 145 Å². The van der Waals surface area contributed by atoms with E-state index in [0.29, 0.717) is 18.9 Å². The third-order valence-corrected chi connectivity index (χ3v) is 3.59. The van der Waals surface area contributed by atoms with Crippen LogP contribution in [-0.4, -0.2) is 39.4 Å². The fourth-order valence-corrected chi connectivity index (χ4v) is 2.20. The molecule has 0 aliphatic carbocycles. The molecule has 24 heavy (non-hydrogen) atoms. The smallest absolute Gasteiger partial charge is 0.258 e. The van der Waals surface area contributed by atoms with Gasteiger partial charge in [0.2, 0.25) is 0 Å². The van der Waals surface area contributed by atoms with Crippen LogP contribution >= 0.6 is 0 Å². The Balaban J connectivity index is 2.13. The summed E-state index contributed by atoms with van der Waals surface area (Å²) in [4.78, 5) is 11.5. The van der Waals surface area contributed by atoms with E-state index in [2.05, 4.69) is 12.2 Å². The molecule has 0 fully saturated rings. The van der Waals surface area contributed by atoms with Gasteiger partial charge >= 0.3 is 0 Å². The molecule has 0 spiro atoms. The van der Waals surface area contributed by atoms with Gasteiger partial charge in [0.05, 0.1) is 13.2 Å². The molecule has 1 rings (SSSR count). The number of unbranched alkanes of at least 4 members (excludes halogenated alkanes) is 5. The van der Waals surface area contributed by atoms with E-state index in [4.69, 9.17) is 14.2 Å². The molecule has 0 unspecified atom stereocenters. The summed E-state index contributed by atoms with van der Waals surface area (Å²) in [5, 5.41) is 2.70. The fourth-order valence-electron chi connectivity index (χ4n) is 2.20. The van der Waals surface area contributed by atoms with Crippen LogP contribution in [0.25, 0.3) is 0 Å². The molecule has 0 saturated carbocycles. The van der Waals surface area contributed by atoms with Gasteiger partial charge in [-0.05, 0) is 30.7 Å². The van der Waals surface area contributed by atoms with Crippen molar-refractivity contribution in [3.05, 3.63) is 24.3 Å². The highest BCUT2D eigenvalue weighted by atomic mass is 16.5. The van der Waals surface area contributed by atoms with Gasteiger partial charge < -0.3 is 19.5 Å². The summed E-state index contributed by atoms with van der Waals surface area (Å²) in [5.74, 6) is 1.33. The van der Waals surface area contributed by atoms with Crippen molar-refractivity contribution in [1.29, 1.82) is 0 Å². The van der Waals surface area contributed by atoms with Crippen LogP contribution in [0.1, 0.15) is 45.4 Å². The molecule has 136 valence electrons. The number of hydrogen-bond acceptors (Lipinski definition) is 4. The number of carbonyl (C=O) groups excluding carboxylic acids is 1. The number of nitrogens with one attached hydrogen (secondary N) is 1. The van der Waals surface area contributed by atoms with Crippen LogP contribution in [0, 0.1) is 0 Å². The minimum Gasteiger partial charge on any atom is -0.494 e. The summed E-state index contributed by atoms with van der Waals surface area (Å²) in [6.07, 6.45) is 7.52. The summed E-state index contributed by atoms with van der Waals surface area (Å²) in [6.45, 7) is 3.96. The Morgan fingerprint density at radius 2 is 1.54 bits per heavy atom. The highest BCUT2D eigenvalue weighted by Gasteiger charge is 2.02. The van der Waals surface area contributed by atoms with E-state index in [1.807, 2.05) is 24.3 Å². The molecule has 0 radical (unpaired) electrons. The first-order valence-corrected chi connectivity index (χ1v) is 8.87. The zero-order chi connectivity index (χ0) is 17.5. The number of ether oxygens (including phenoxy) is 3. The quantitative estimate of drug-likeness (QED) is 0.527. The van der Waals surface area contributed by atoms with Crippen LogP contribution < -0.4 is 14.8 Å². The maximum absolute atomic E-state index is 11.5. The first-order valence-electron chi connectivity index (χ1n) is 8.87. The zero-order valence-corrected chi connectivity index (χ0v) is 15.0. The van der Waals surface area contributed by atoms with Crippen molar-refractivity contribution in [1.82, 2.24) is 5.32 Å². The normalized spacial score (nSPS) is 10.4. The third-order valence-electron chi connectivity index (χ3n) is 3.59. The van der Waals surface area contributed by atoms with E-state index < -0.39 is 0 Å². The van der Waals surface area contributed by atoms with Gasteiger partial charge in [0.15, 0.2) is 6.61 Å². The molecule has 1 aromatic carbocycles. The Morgan fingerprint density at radius 1 is 0.917 bits per heavy atom. The number of amides is 1. The van der Waals surface area contributed by atoms with Crippen molar-refractivity contribution in [3.8, 4) is 11.5 Å². The van der Waals surface area contributed by atoms with E-state index in [1.165, 1.54) is 32.1 Å². The maximum Gasteiger partial charge on any atom is 0.258 e. The average Bonchev–Trinajstić information content (AvgIpc) is 2.60. The van der Waals surface area contributed by atoms with Crippen molar-refractivity contribution in [2.45, 2.75) is 45.4 Å². The van der Waals surface area contributed by atoms with Crippen LogP contribution in [0.15, 0.2) is 24.3 Å². The molecule has 1 aromatic rings. The van der Waals surface area contributed by atoms with Crippen LogP contribution in [0.5, 0.6) is 11.5 Å². The summed E-state index contributed by atoms with van der Waals surface area (Å²) in [6, 6.07) is 7.38. The van der Waals surface area contributed by atoms with E-state index >= 15 is 0 Å². The lowest BCUT2D eigenvalue weighted by Gasteiger charge is -2.09. The molecule has 1 N–H and O–H groups in total. The fraction of sp³-hybridized carbons (Fsp3) is 0.632. The zero-order valence-electron chi connectivity index (χ0n) is 15.0. The van der Waals surface area contributed by atoms with Gasteiger partial charge in [-0.2, -0.15) is 0 Å². The van der Waals surface area contributed by atoms with Gasteiger partial charge in [0.25, 0.3) is 5.91 Å². The largest absolute Gasteiger partial charge is 0.494 e. The first-order chi connectivity index (χ1) is 11.8. The average molecular weight is 337 g/mol. The molecule has 0 saturated heterocycles. The lowest BCUT2D eigenvalue weighted by molar-refractivity contribution is -0.123. The topological polar surface area (TPSA) is 56.8 Å². The third kappa shape index (κ3) is 10.1. The number of benzene rings is 1. The predicted molar refractivity (Wildman–Crippen MR) is 95.7 cm³/mol. The maximum atomic E-state index is 11.5. The molecular formula is C19H31NO4. The summed E-state index contributed by atoms with van der Waals surface area (Å²) >= 11 is 0. The minimum absolute atomic E-state index is 0.00166. The van der Waals surface area contributed by atoms with Crippen molar-refractivity contribution >= 4 is 5.91 Å². The number of methoxy groups -OCH3 is 1. The van der Waals surface area contributed by atoms with Gasteiger partial charge in [-0.25, -0.2) is 0 Å². The Kier molecular flexibility index (Phi) is 11.6. The van der Waals surface area contributed by atoms with Gasteiger partial charge in [-0.3, -0.25) is 4.79 Å². The number of carbonyl (C=O) groups is 1. The molecule has 0 aliphatic heterocycles. The van der Waals surface area contributed by atoms with Crippen molar-refractivity contribution < 1.29 is 19.0 Å². The second-order valence-electron chi connectivity index (χ2n) is 5.72. The second-order valence-corrected chi connectivity index (χ2v) is 5.72. The molecule has 5 heteroatoms. The lowest BCUT2D eigenvalue weighted by atomic mass is 10.1. The molecule has 0 heterocycles. The molecule has 1 amide bonds. The van der Waals surface area contributed by atoms with Crippen LogP contribution in [0.4, 0.5) is 0 Å². The second kappa shape index (κ2) is 13.7. The Hall–Kier alpha value is -1.75. The van der Waals surface area contributed by atoms with Gasteiger partial charge in [0.1, 0.15) is 11.5 Å². The van der Waals surface area contributed by atoms with Crippen LogP contribution in [-0.2, 0) is 9.53 Å². The summed E-state index contributed by atoms with van der Waals surface area (Å²) in [5.41, 5.74) is 0. The minimum atomic E-state index is -0.157. The molecule has 0 bridgehead atoms. The monoisotopic (exact) mass is 337 g/mol. The highest BCUT2D eigenvalue weighted by Crippen LogP contribution is 2.18. The van der Waals surface area contributed by atoms with E-state index in [-0.39, 0.29) is 12.5 Å². The lowest BCUT2D eigenvalue weighted by Crippen LogP contribution is -2.31. The van der Waals surface area contributed by atoms with Crippen LogP contribution in [0.2, 0.25) is 0 Å². The molecule has 0 atom stereocenters. The summed E-state index contributed by atoms with van der Waals surface area (Å²) in [7, 11) is 1.60. The molecule has 0 aromatic heterocycles. The highest BCUT2D eigenvalue weighted by molar-refractivity contribution is 5.77.